The van der Waals surface area contributed by atoms with E-state index in [0.29, 0.717) is 0 Å². The minimum atomic E-state index is -0.342. The summed E-state index contributed by atoms with van der Waals surface area (Å²) in [6.45, 7) is 2.15. The molecule has 0 fully saturated rings. The molecular formula is C13H20FNO. The van der Waals surface area contributed by atoms with Crippen LogP contribution in [0.15, 0.2) is 18.2 Å². The number of para-hydroxylation sites is 1. The molecule has 1 aromatic carbocycles. The van der Waals surface area contributed by atoms with Gasteiger partial charge >= 0.3 is 0 Å². The molecular weight excluding hydrogens is 205 g/mol. The molecule has 2 N–H and O–H groups in total. The quantitative estimate of drug-likeness (QED) is 0.753. The Balaban J connectivity index is 2.74. The number of methoxy groups -OCH3 is 1. The van der Waals surface area contributed by atoms with Gasteiger partial charge in [0.05, 0.1) is 7.11 Å². The van der Waals surface area contributed by atoms with Gasteiger partial charge in [0.1, 0.15) is 0 Å². The summed E-state index contributed by atoms with van der Waals surface area (Å²) >= 11 is 0. The lowest BCUT2D eigenvalue weighted by atomic mass is 10.0. The number of halogens is 1. The third kappa shape index (κ3) is 3.20. The van der Waals surface area contributed by atoms with Gasteiger partial charge in [0.2, 0.25) is 0 Å². The maximum absolute atomic E-state index is 13.4. The summed E-state index contributed by atoms with van der Waals surface area (Å²) in [6, 6.07) is 4.75. The van der Waals surface area contributed by atoms with Crippen molar-refractivity contribution in [1.82, 2.24) is 0 Å². The molecule has 2 nitrogen and oxygen atoms in total. The second-order valence-corrected chi connectivity index (χ2v) is 3.96. The Hall–Kier alpha value is -1.09. The monoisotopic (exact) mass is 225 g/mol. The number of hydrogen-bond donors (Lipinski definition) is 1. The smallest absolute Gasteiger partial charge is 0.165 e. The standard InChI is InChI=1S/C13H20FNO/c1-3-4-5-9-12(15)10-7-6-8-11(14)13(10)16-2/h6-8,12H,3-5,9,15H2,1-2H3/t12-/m0/s1. The number of unbranched alkanes of at least 4 members (excludes halogenated alkanes) is 2. The fourth-order valence-corrected chi connectivity index (χ4v) is 1.80. The molecule has 0 aromatic heterocycles. The molecule has 1 atom stereocenters. The van der Waals surface area contributed by atoms with Crippen molar-refractivity contribution in [1.29, 1.82) is 0 Å². The summed E-state index contributed by atoms with van der Waals surface area (Å²) in [5.74, 6) is -0.0579. The lowest BCUT2D eigenvalue weighted by Gasteiger charge is -2.15. The molecule has 0 radical (unpaired) electrons. The molecule has 3 heteroatoms. The van der Waals surface area contributed by atoms with E-state index in [4.69, 9.17) is 10.5 Å². The van der Waals surface area contributed by atoms with E-state index < -0.39 is 0 Å². The zero-order chi connectivity index (χ0) is 12.0. The molecule has 0 bridgehead atoms. The Morgan fingerprint density at radius 1 is 1.38 bits per heavy atom. The van der Waals surface area contributed by atoms with Crippen molar-refractivity contribution in [2.75, 3.05) is 7.11 Å². The third-order valence-electron chi connectivity index (χ3n) is 2.72. The van der Waals surface area contributed by atoms with E-state index in [9.17, 15) is 4.39 Å². The Bertz CT molecular complexity index is 328. The Labute approximate surface area is 96.6 Å². The summed E-state index contributed by atoms with van der Waals surface area (Å²) in [7, 11) is 1.47. The van der Waals surface area contributed by atoms with Gasteiger partial charge in [-0.3, -0.25) is 0 Å². The SMILES string of the molecule is CCCCC[C@H](N)c1cccc(F)c1OC. The highest BCUT2D eigenvalue weighted by Gasteiger charge is 2.14. The van der Waals surface area contributed by atoms with Gasteiger partial charge in [0, 0.05) is 11.6 Å². The summed E-state index contributed by atoms with van der Waals surface area (Å²) in [5, 5.41) is 0. The van der Waals surface area contributed by atoms with Gasteiger partial charge in [-0.15, -0.1) is 0 Å². The highest BCUT2D eigenvalue weighted by molar-refractivity contribution is 5.37. The summed E-state index contributed by atoms with van der Waals surface area (Å²) in [5.41, 5.74) is 6.80. The van der Waals surface area contributed by atoms with Crippen LogP contribution in [0, 0.1) is 5.82 Å². The van der Waals surface area contributed by atoms with Crippen LogP contribution in [0.25, 0.3) is 0 Å². The van der Waals surface area contributed by atoms with Crippen LogP contribution in [0.3, 0.4) is 0 Å². The Morgan fingerprint density at radius 3 is 2.75 bits per heavy atom. The molecule has 1 aromatic rings. The zero-order valence-corrected chi connectivity index (χ0v) is 10.0. The van der Waals surface area contributed by atoms with Crippen LogP contribution in [-0.2, 0) is 0 Å². The van der Waals surface area contributed by atoms with E-state index in [1.807, 2.05) is 6.07 Å². The van der Waals surface area contributed by atoms with Crippen LogP contribution in [-0.4, -0.2) is 7.11 Å². The maximum Gasteiger partial charge on any atom is 0.165 e. The number of benzene rings is 1. The average molecular weight is 225 g/mol. The second kappa shape index (κ2) is 6.48. The van der Waals surface area contributed by atoms with Gasteiger partial charge in [0.15, 0.2) is 11.6 Å². The van der Waals surface area contributed by atoms with Crippen LogP contribution in [0.2, 0.25) is 0 Å². The first kappa shape index (κ1) is 13.0. The van der Waals surface area contributed by atoms with Crippen molar-refractivity contribution in [3.05, 3.63) is 29.6 Å². The molecule has 0 saturated heterocycles. The maximum atomic E-state index is 13.4. The molecule has 0 aliphatic heterocycles. The van der Waals surface area contributed by atoms with E-state index in [0.717, 1.165) is 31.2 Å². The van der Waals surface area contributed by atoms with Crippen molar-refractivity contribution < 1.29 is 9.13 Å². The minimum absolute atomic E-state index is 0.141. The number of nitrogens with two attached hydrogens (primary N) is 1. The zero-order valence-electron chi connectivity index (χ0n) is 10.0. The van der Waals surface area contributed by atoms with Gasteiger partial charge < -0.3 is 10.5 Å². The van der Waals surface area contributed by atoms with Gasteiger partial charge in [-0.1, -0.05) is 38.3 Å². The lowest BCUT2D eigenvalue weighted by molar-refractivity contribution is 0.376. The molecule has 0 unspecified atom stereocenters. The normalized spacial score (nSPS) is 12.5. The van der Waals surface area contributed by atoms with Crippen LogP contribution in [0.1, 0.15) is 44.2 Å². The van der Waals surface area contributed by atoms with Gasteiger partial charge in [-0.2, -0.15) is 0 Å². The first-order valence-corrected chi connectivity index (χ1v) is 5.78. The highest BCUT2D eigenvalue weighted by atomic mass is 19.1. The summed E-state index contributed by atoms with van der Waals surface area (Å²) in [4.78, 5) is 0. The van der Waals surface area contributed by atoms with Gasteiger partial charge in [-0.25, -0.2) is 4.39 Å². The first-order chi connectivity index (χ1) is 7.70. The predicted octanol–water partition coefficient (Wildman–Crippen LogP) is 3.41. The molecule has 90 valence electrons. The highest BCUT2D eigenvalue weighted by Crippen LogP contribution is 2.29. The molecule has 0 aliphatic rings. The van der Waals surface area contributed by atoms with Crippen molar-refractivity contribution in [2.45, 2.75) is 38.6 Å². The summed E-state index contributed by atoms with van der Waals surface area (Å²) in [6.07, 6.45) is 4.25. The number of hydrogen-bond acceptors (Lipinski definition) is 2. The van der Waals surface area contributed by atoms with E-state index in [-0.39, 0.29) is 17.6 Å². The fourth-order valence-electron chi connectivity index (χ4n) is 1.80. The van der Waals surface area contributed by atoms with Gasteiger partial charge in [0.25, 0.3) is 0 Å². The lowest BCUT2D eigenvalue weighted by Crippen LogP contribution is -2.12. The van der Waals surface area contributed by atoms with E-state index in [1.165, 1.54) is 13.2 Å². The van der Waals surface area contributed by atoms with Crippen LogP contribution < -0.4 is 10.5 Å². The molecule has 0 amide bonds. The second-order valence-electron chi connectivity index (χ2n) is 3.96. The first-order valence-electron chi connectivity index (χ1n) is 5.78. The van der Waals surface area contributed by atoms with Crippen molar-refractivity contribution in [2.24, 2.45) is 5.73 Å². The minimum Gasteiger partial charge on any atom is -0.493 e. The van der Waals surface area contributed by atoms with E-state index in [1.54, 1.807) is 6.07 Å². The van der Waals surface area contributed by atoms with Crippen molar-refractivity contribution >= 4 is 0 Å². The molecule has 0 spiro atoms. The molecule has 0 saturated carbocycles. The fraction of sp³-hybridized carbons (Fsp3) is 0.538. The topological polar surface area (TPSA) is 35.2 Å². The van der Waals surface area contributed by atoms with Crippen LogP contribution in [0.5, 0.6) is 5.75 Å². The average Bonchev–Trinajstić information content (AvgIpc) is 2.29. The van der Waals surface area contributed by atoms with Crippen molar-refractivity contribution in [3.8, 4) is 5.75 Å². The Kier molecular flexibility index (Phi) is 5.26. The number of ether oxygens (including phenoxy) is 1. The predicted molar refractivity (Wildman–Crippen MR) is 64.0 cm³/mol. The largest absolute Gasteiger partial charge is 0.493 e. The molecule has 1 rings (SSSR count). The van der Waals surface area contributed by atoms with Crippen molar-refractivity contribution in [3.63, 3.8) is 0 Å². The Morgan fingerprint density at radius 2 is 2.12 bits per heavy atom. The van der Waals surface area contributed by atoms with Crippen LogP contribution in [0.4, 0.5) is 4.39 Å². The molecule has 0 heterocycles. The summed E-state index contributed by atoms with van der Waals surface area (Å²) < 4.78 is 18.5. The molecule has 0 aliphatic carbocycles. The van der Waals surface area contributed by atoms with E-state index in [2.05, 4.69) is 6.92 Å². The van der Waals surface area contributed by atoms with E-state index >= 15 is 0 Å². The third-order valence-corrected chi connectivity index (χ3v) is 2.72. The molecule has 16 heavy (non-hydrogen) atoms. The van der Waals surface area contributed by atoms with Gasteiger partial charge in [-0.05, 0) is 12.5 Å². The number of rotatable bonds is 6. The van der Waals surface area contributed by atoms with Crippen LogP contribution >= 0.6 is 0 Å².